The molecular formula is C17H22Si2. The second kappa shape index (κ2) is 4.76. The average Bonchev–Trinajstić information content (AvgIpc) is 2.79. The third kappa shape index (κ3) is 1.94. The van der Waals surface area contributed by atoms with E-state index < -0.39 is 15.2 Å². The number of benzene rings is 2. The van der Waals surface area contributed by atoms with Gasteiger partial charge in [0.2, 0.25) is 0 Å². The quantitative estimate of drug-likeness (QED) is 0.740. The summed E-state index contributed by atoms with van der Waals surface area (Å²) in [5.74, 6) is 0. The Bertz CT molecular complexity index is 500. The van der Waals surface area contributed by atoms with Gasteiger partial charge in [-0.15, -0.1) is 0 Å². The van der Waals surface area contributed by atoms with Gasteiger partial charge >= 0.3 is 0 Å². The largest absolute Gasteiger partial charge is 0.0823 e. The Balaban J connectivity index is 2.11. The Labute approximate surface area is 118 Å². The zero-order valence-corrected chi connectivity index (χ0v) is 13.9. The first-order valence-electron chi connectivity index (χ1n) is 7.28. The van der Waals surface area contributed by atoms with Crippen molar-refractivity contribution in [2.45, 2.75) is 31.6 Å². The highest BCUT2D eigenvalue weighted by Crippen LogP contribution is 2.37. The first kappa shape index (κ1) is 12.9. The lowest BCUT2D eigenvalue weighted by Gasteiger charge is -2.39. The van der Waals surface area contributed by atoms with Crippen molar-refractivity contribution in [2.75, 3.05) is 0 Å². The van der Waals surface area contributed by atoms with Crippen LogP contribution in [0.4, 0.5) is 0 Å². The highest BCUT2D eigenvalue weighted by Gasteiger charge is 2.53. The van der Waals surface area contributed by atoms with E-state index in [4.69, 9.17) is 0 Å². The monoisotopic (exact) mass is 282 g/mol. The van der Waals surface area contributed by atoms with Gasteiger partial charge < -0.3 is 0 Å². The predicted molar refractivity (Wildman–Crippen MR) is 89.6 cm³/mol. The van der Waals surface area contributed by atoms with E-state index in [0.29, 0.717) is 0 Å². The van der Waals surface area contributed by atoms with Crippen LogP contribution in [0.5, 0.6) is 0 Å². The fourth-order valence-electron chi connectivity index (χ4n) is 3.89. The minimum Gasteiger partial charge on any atom is -0.0669 e. The topological polar surface area (TPSA) is 0 Å². The van der Waals surface area contributed by atoms with Crippen molar-refractivity contribution >= 4 is 25.6 Å². The second-order valence-corrected chi connectivity index (χ2v) is 20.4. The van der Waals surface area contributed by atoms with Crippen molar-refractivity contribution < 1.29 is 0 Å². The minimum absolute atomic E-state index is 1.32. The van der Waals surface area contributed by atoms with Crippen LogP contribution in [0, 0.1) is 0 Å². The SMILES string of the molecule is C[Si@@]1(c2ccccc2)CCC[Si@@]1(C)c1ccccc1. The van der Waals surface area contributed by atoms with E-state index in [1.807, 2.05) is 0 Å². The number of hydrogen-bond acceptors (Lipinski definition) is 0. The molecule has 1 aliphatic rings. The molecule has 0 saturated carbocycles. The molecule has 0 nitrogen and oxygen atoms in total. The fourth-order valence-corrected chi connectivity index (χ4v) is 20.0. The normalized spacial score (nSPS) is 30.4. The van der Waals surface area contributed by atoms with E-state index in [2.05, 4.69) is 73.8 Å². The third-order valence-corrected chi connectivity index (χ3v) is 24.3. The van der Waals surface area contributed by atoms with Crippen molar-refractivity contribution in [2.24, 2.45) is 0 Å². The summed E-state index contributed by atoms with van der Waals surface area (Å²) in [6.45, 7) is 5.29. The summed E-state index contributed by atoms with van der Waals surface area (Å²) >= 11 is 0. The molecule has 0 radical (unpaired) electrons. The molecule has 0 aromatic heterocycles. The Morgan fingerprint density at radius 2 is 1.00 bits per heavy atom. The van der Waals surface area contributed by atoms with Crippen LogP contribution in [0.25, 0.3) is 0 Å². The van der Waals surface area contributed by atoms with Gasteiger partial charge in [0.25, 0.3) is 0 Å². The first-order chi connectivity index (χ1) is 9.17. The molecule has 2 aromatic rings. The van der Waals surface area contributed by atoms with E-state index in [0.717, 1.165) is 0 Å². The highest BCUT2D eigenvalue weighted by atomic mass is 29.3. The molecular weight excluding hydrogens is 260 g/mol. The molecule has 98 valence electrons. The van der Waals surface area contributed by atoms with Gasteiger partial charge in [0.05, 0.1) is 15.2 Å². The van der Waals surface area contributed by atoms with Crippen molar-refractivity contribution in [1.82, 2.24) is 0 Å². The molecule has 1 heterocycles. The standard InChI is InChI=1S/C17H22Si2/c1-18(16-10-5-3-6-11-16)14-9-15-19(18,2)17-12-7-4-8-13-17/h3-8,10-13H,9,14-15H2,1-2H3/t18-,19-/m0/s1. The van der Waals surface area contributed by atoms with Gasteiger partial charge in [-0.25, -0.2) is 0 Å². The molecule has 0 unspecified atom stereocenters. The maximum absolute atomic E-state index is 2.65. The van der Waals surface area contributed by atoms with Crippen LogP contribution in [0.1, 0.15) is 6.42 Å². The molecule has 3 rings (SSSR count). The van der Waals surface area contributed by atoms with Crippen LogP contribution in [-0.2, 0) is 0 Å². The van der Waals surface area contributed by atoms with Gasteiger partial charge in [0.1, 0.15) is 0 Å². The molecule has 2 atom stereocenters. The van der Waals surface area contributed by atoms with Gasteiger partial charge in [-0.2, -0.15) is 0 Å². The summed E-state index contributed by atoms with van der Waals surface area (Å²) in [4.78, 5) is 0. The van der Waals surface area contributed by atoms with Crippen LogP contribution < -0.4 is 10.4 Å². The van der Waals surface area contributed by atoms with Crippen LogP contribution in [0.2, 0.25) is 25.2 Å². The van der Waals surface area contributed by atoms with E-state index >= 15 is 0 Å². The van der Waals surface area contributed by atoms with Gasteiger partial charge in [-0.05, 0) is 0 Å². The Hall–Kier alpha value is -1.13. The van der Waals surface area contributed by atoms with Crippen LogP contribution in [0.3, 0.4) is 0 Å². The van der Waals surface area contributed by atoms with Crippen LogP contribution in [0.15, 0.2) is 60.7 Å². The molecule has 0 aliphatic carbocycles. The Morgan fingerprint density at radius 1 is 0.632 bits per heavy atom. The van der Waals surface area contributed by atoms with E-state index in [1.165, 1.54) is 18.5 Å². The zero-order chi connectivity index (χ0) is 13.3. The molecule has 2 aromatic carbocycles. The smallest absolute Gasteiger partial charge is 0.0669 e. The lowest BCUT2D eigenvalue weighted by Crippen LogP contribution is -2.69. The zero-order valence-electron chi connectivity index (χ0n) is 11.9. The molecule has 1 saturated heterocycles. The summed E-state index contributed by atoms with van der Waals surface area (Å²) in [7, 11) is -2.64. The van der Waals surface area contributed by atoms with Crippen molar-refractivity contribution in [1.29, 1.82) is 0 Å². The Morgan fingerprint density at radius 3 is 1.37 bits per heavy atom. The van der Waals surface area contributed by atoms with Crippen molar-refractivity contribution in [3.8, 4) is 0 Å². The van der Waals surface area contributed by atoms with E-state index in [9.17, 15) is 0 Å². The Kier molecular flexibility index (Phi) is 3.23. The minimum atomic E-state index is -1.32. The summed E-state index contributed by atoms with van der Waals surface area (Å²) in [6.07, 6.45) is 1.44. The van der Waals surface area contributed by atoms with E-state index in [-0.39, 0.29) is 0 Å². The maximum Gasteiger partial charge on any atom is 0.0823 e. The highest BCUT2D eigenvalue weighted by molar-refractivity contribution is 7.51. The molecule has 19 heavy (non-hydrogen) atoms. The molecule has 0 amide bonds. The van der Waals surface area contributed by atoms with Gasteiger partial charge in [-0.1, -0.05) is 103 Å². The summed E-state index contributed by atoms with van der Waals surface area (Å²) in [5, 5.41) is 3.37. The first-order valence-corrected chi connectivity index (χ1v) is 13.7. The molecule has 0 spiro atoms. The lowest BCUT2D eigenvalue weighted by atomic mass is 10.4. The molecule has 1 fully saturated rings. The fraction of sp³-hybridized carbons (Fsp3) is 0.294. The summed E-state index contributed by atoms with van der Waals surface area (Å²) < 4.78 is 0. The number of hydrogen-bond donors (Lipinski definition) is 0. The third-order valence-electron chi connectivity index (χ3n) is 5.39. The second-order valence-electron chi connectivity index (χ2n) is 6.25. The average molecular weight is 283 g/mol. The summed E-state index contributed by atoms with van der Waals surface area (Å²) in [6, 6.07) is 25.8. The maximum atomic E-state index is 2.65. The van der Waals surface area contributed by atoms with Gasteiger partial charge in [0.15, 0.2) is 0 Å². The van der Waals surface area contributed by atoms with Crippen molar-refractivity contribution in [3.63, 3.8) is 0 Å². The predicted octanol–water partition coefficient (Wildman–Crippen LogP) is 3.44. The van der Waals surface area contributed by atoms with Crippen LogP contribution >= 0.6 is 0 Å². The van der Waals surface area contributed by atoms with Crippen molar-refractivity contribution in [3.05, 3.63) is 60.7 Å². The molecule has 1 aliphatic heterocycles. The van der Waals surface area contributed by atoms with E-state index in [1.54, 1.807) is 10.4 Å². The van der Waals surface area contributed by atoms with Gasteiger partial charge in [0, 0.05) is 0 Å². The molecule has 0 bridgehead atoms. The summed E-state index contributed by atoms with van der Waals surface area (Å²) in [5.41, 5.74) is 0. The molecule has 0 N–H and O–H groups in total. The molecule has 2 heteroatoms. The lowest BCUT2D eigenvalue weighted by molar-refractivity contribution is 1.08. The van der Waals surface area contributed by atoms with Gasteiger partial charge in [-0.3, -0.25) is 0 Å². The number of rotatable bonds is 2. The van der Waals surface area contributed by atoms with Crippen LogP contribution in [-0.4, -0.2) is 15.2 Å².